The average Bonchev–Trinajstić information content (AvgIpc) is 2.16. The van der Waals surface area contributed by atoms with Crippen LogP contribution in [0.5, 0.6) is 0 Å². The van der Waals surface area contributed by atoms with Crippen LogP contribution in [-0.4, -0.2) is 19.0 Å². The molecule has 0 aromatic heterocycles. The Labute approximate surface area is 54.6 Å². The lowest BCUT2D eigenvalue weighted by atomic mass is 9.89. The fourth-order valence-electron chi connectivity index (χ4n) is 1.03. The minimum atomic E-state index is -0.278. The Bertz CT molecular complexity index is 127. The van der Waals surface area contributed by atoms with E-state index in [0.29, 0.717) is 0 Å². The smallest absolute Gasteiger partial charge is 0.224 e. The van der Waals surface area contributed by atoms with Crippen LogP contribution in [0.2, 0.25) is 0 Å². The molecule has 3 heteroatoms. The molecule has 1 amide bonds. The highest BCUT2D eigenvalue weighted by Crippen LogP contribution is 2.22. The highest BCUT2D eigenvalue weighted by molar-refractivity contribution is 5.81. The summed E-state index contributed by atoms with van der Waals surface area (Å²) in [7, 11) is 0. The third kappa shape index (κ3) is 1.05. The predicted molar refractivity (Wildman–Crippen MR) is 34.8 cm³/mol. The van der Waals surface area contributed by atoms with Gasteiger partial charge in [0, 0.05) is 6.54 Å². The standard InChI is InChI=1S/C6H12N2O/c1-6(5(7)9)2-3-8-4-6/h8H,2-4H2,1H3,(H2,7,9)/t6-/m0/s1. The first-order valence-electron chi connectivity index (χ1n) is 3.16. The first kappa shape index (κ1) is 6.55. The van der Waals surface area contributed by atoms with E-state index in [-0.39, 0.29) is 11.3 Å². The maximum atomic E-state index is 10.7. The molecule has 1 aliphatic rings. The number of nitrogens with two attached hydrogens (primary N) is 1. The third-order valence-corrected chi connectivity index (χ3v) is 1.96. The van der Waals surface area contributed by atoms with E-state index in [1.165, 1.54) is 0 Å². The molecule has 1 atom stereocenters. The van der Waals surface area contributed by atoms with Crippen molar-refractivity contribution in [1.29, 1.82) is 0 Å². The van der Waals surface area contributed by atoms with Gasteiger partial charge in [-0.05, 0) is 19.9 Å². The van der Waals surface area contributed by atoms with E-state index in [2.05, 4.69) is 5.32 Å². The van der Waals surface area contributed by atoms with Crippen LogP contribution in [0.3, 0.4) is 0 Å². The molecule has 1 heterocycles. The van der Waals surface area contributed by atoms with Crippen molar-refractivity contribution in [2.24, 2.45) is 11.1 Å². The maximum absolute atomic E-state index is 10.7. The molecule has 1 fully saturated rings. The van der Waals surface area contributed by atoms with E-state index in [1.807, 2.05) is 6.92 Å². The Kier molecular flexibility index (Phi) is 1.45. The quantitative estimate of drug-likeness (QED) is 0.499. The van der Waals surface area contributed by atoms with Crippen molar-refractivity contribution >= 4 is 5.91 Å². The monoisotopic (exact) mass is 128 g/mol. The van der Waals surface area contributed by atoms with E-state index in [1.54, 1.807) is 0 Å². The molecule has 1 rings (SSSR count). The summed E-state index contributed by atoms with van der Waals surface area (Å²) in [5.41, 5.74) is 4.88. The number of hydrogen-bond donors (Lipinski definition) is 2. The van der Waals surface area contributed by atoms with Gasteiger partial charge in [0.05, 0.1) is 5.41 Å². The number of primary amides is 1. The lowest BCUT2D eigenvalue weighted by Gasteiger charge is -2.16. The van der Waals surface area contributed by atoms with E-state index in [4.69, 9.17) is 5.73 Å². The number of carbonyl (C=O) groups is 1. The van der Waals surface area contributed by atoms with Crippen molar-refractivity contribution in [2.45, 2.75) is 13.3 Å². The Balaban J connectivity index is 2.61. The van der Waals surface area contributed by atoms with Crippen molar-refractivity contribution in [3.8, 4) is 0 Å². The van der Waals surface area contributed by atoms with Crippen LogP contribution < -0.4 is 11.1 Å². The van der Waals surface area contributed by atoms with Gasteiger partial charge < -0.3 is 11.1 Å². The van der Waals surface area contributed by atoms with Gasteiger partial charge in [0.1, 0.15) is 0 Å². The van der Waals surface area contributed by atoms with E-state index in [0.717, 1.165) is 19.5 Å². The Morgan fingerprint density at radius 1 is 1.78 bits per heavy atom. The summed E-state index contributed by atoms with van der Waals surface area (Å²) >= 11 is 0. The molecule has 0 unspecified atom stereocenters. The largest absolute Gasteiger partial charge is 0.369 e. The van der Waals surface area contributed by atoms with E-state index < -0.39 is 0 Å². The van der Waals surface area contributed by atoms with Gasteiger partial charge in [0.15, 0.2) is 0 Å². The summed E-state index contributed by atoms with van der Waals surface area (Å²) < 4.78 is 0. The highest BCUT2D eigenvalue weighted by Gasteiger charge is 2.33. The Morgan fingerprint density at radius 3 is 2.67 bits per heavy atom. The lowest BCUT2D eigenvalue weighted by molar-refractivity contribution is -0.125. The zero-order valence-corrected chi connectivity index (χ0v) is 5.61. The SMILES string of the molecule is C[C@]1(C(N)=O)CCNC1. The van der Waals surface area contributed by atoms with Crippen LogP contribution >= 0.6 is 0 Å². The molecule has 0 spiro atoms. The molecular weight excluding hydrogens is 116 g/mol. The lowest BCUT2D eigenvalue weighted by Crippen LogP contribution is -2.35. The van der Waals surface area contributed by atoms with Crippen LogP contribution in [0, 0.1) is 5.41 Å². The van der Waals surface area contributed by atoms with Crippen molar-refractivity contribution in [2.75, 3.05) is 13.1 Å². The van der Waals surface area contributed by atoms with Crippen LogP contribution in [-0.2, 0) is 4.79 Å². The number of hydrogen-bond acceptors (Lipinski definition) is 2. The summed E-state index contributed by atoms with van der Waals surface area (Å²) in [4.78, 5) is 10.7. The number of nitrogens with one attached hydrogen (secondary N) is 1. The van der Waals surface area contributed by atoms with Gasteiger partial charge in [-0.2, -0.15) is 0 Å². The molecule has 0 radical (unpaired) electrons. The normalized spacial score (nSPS) is 34.8. The van der Waals surface area contributed by atoms with Gasteiger partial charge in [-0.3, -0.25) is 4.79 Å². The zero-order valence-electron chi connectivity index (χ0n) is 5.61. The van der Waals surface area contributed by atoms with Gasteiger partial charge in [-0.1, -0.05) is 0 Å². The molecule has 0 aliphatic carbocycles. The topological polar surface area (TPSA) is 55.1 Å². The molecule has 0 bridgehead atoms. The fraction of sp³-hybridized carbons (Fsp3) is 0.833. The maximum Gasteiger partial charge on any atom is 0.224 e. The van der Waals surface area contributed by atoms with E-state index in [9.17, 15) is 4.79 Å². The zero-order chi connectivity index (χ0) is 6.91. The molecule has 3 N–H and O–H groups in total. The highest BCUT2D eigenvalue weighted by atomic mass is 16.1. The van der Waals surface area contributed by atoms with Gasteiger partial charge in [0.25, 0.3) is 0 Å². The minimum Gasteiger partial charge on any atom is -0.369 e. The van der Waals surface area contributed by atoms with E-state index >= 15 is 0 Å². The van der Waals surface area contributed by atoms with Crippen molar-refractivity contribution < 1.29 is 4.79 Å². The molecule has 0 aromatic rings. The van der Waals surface area contributed by atoms with Crippen LogP contribution in [0.15, 0.2) is 0 Å². The molecule has 9 heavy (non-hydrogen) atoms. The number of amides is 1. The molecule has 1 aliphatic heterocycles. The molecular formula is C6H12N2O. The first-order chi connectivity index (χ1) is 4.15. The van der Waals surface area contributed by atoms with Gasteiger partial charge in [0.2, 0.25) is 5.91 Å². The van der Waals surface area contributed by atoms with Gasteiger partial charge >= 0.3 is 0 Å². The molecule has 0 aromatic carbocycles. The molecule has 1 saturated heterocycles. The molecule has 52 valence electrons. The summed E-state index contributed by atoms with van der Waals surface area (Å²) in [5, 5.41) is 3.09. The minimum absolute atomic E-state index is 0.187. The average molecular weight is 128 g/mol. The van der Waals surface area contributed by atoms with Gasteiger partial charge in [-0.15, -0.1) is 0 Å². The predicted octanol–water partition coefficient (Wildman–Crippen LogP) is -0.529. The number of rotatable bonds is 1. The van der Waals surface area contributed by atoms with Crippen molar-refractivity contribution in [3.63, 3.8) is 0 Å². The summed E-state index contributed by atoms with van der Waals surface area (Å²) in [6, 6.07) is 0. The summed E-state index contributed by atoms with van der Waals surface area (Å²) in [6.45, 7) is 3.55. The summed E-state index contributed by atoms with van der Waals surface area (Å²) in [5.74, 6) is -0.187. The Morgan fingerprint density at radius 2 is 2.44 bits per heavy atom. The van der Waals surface area contributed by atoms with Crippen molar-refractivity contribution in [1.82, 2.24) is 5.32 Å². The molecule has 3 nitrogen and oxygen atoms in total. The second-order valence-electron chi connectivity index (χ2n) is 2.85. The first-order valence-corrected chi connectivity index (χ1v) is 3.16. The second kappa shape index (κ2) is 1.99. The van der Waals surface area contributed by atoms with Crippen molar-refractivity contribution in [3.05, 3.63) is 0 Å². The number of carbonyl (C=O) groups excluding carboxylic acids is 1. The summed E-state index contributed by atoms with van der Waals surface area (Å²) in [6.07, 6.45) is 0.877. The molecule has 0 saturated carbocycles. The third-order valence-electron chi connectivity index (χ3n) is 1.96. The Hall–Kier alpha value is -0.570. The van der Waals surface area contributed by atoms with Crippen LogP contribution in [0.1, 0.15) is 13.3 Å². The van der Waals surface area contributed by atoms with Crippen LogP contribution in [0.25, 0.3) is 0 Å². The van der Waals surface area contributed by atoms with Crippen LogP contribution in [0.4, 0.5) is 0 Å². The fourth-order valence-corrected chi connectivity index (χ4v) is 1.03. The van der Waals surface area contributed by atoms with Gasteiger partial charge in [-0.25, -0.2) is 0 Å². The second-order valence-corrected chi connectivity index (χ2v) is 2.85.